The van der Waals surface area contributed by atoms with Crippen molar-refractivity contribution in [1.29, 1.82) is 0 Å². The standard InChI is InChI=1S/C22H28F2N6O2/c1-13(31)30-5-3-19(28-16-4-6-32-12-16)17(11-30)22(26)29-20-8-14(7-18(23)21(20)24)15(9-25)10-27-2/h7-10,16,28H,3-6,11-12,25H2,1-2H3,(H2,26,29). The van der Waals surface area contributed by atoms with E-state index in [9.17, 15) is 13.6 Å². The molecule has 1 atom stereocenters. The van der Waals surface area contributed by atoms with Crippen LogP contribution in [-0.4, -0.2) is 62.3 Å². The summed E-state index contributed by atoms with van der Waals surface area (Å²) in [5.41, 5.74) is 13.7. The predicted octanol–water partition coefficient (Wildman–Crippen LogP) is 1.84. The van der Waals surface area contributed by atoms with E-state index < -0.39 is 11.6 Å². The van der Waals surface area contributed by atoms with Crippen molar-refractivity contribution in [3.63, 3.8) is 0 Å². The molecule has 3 rings (SSSR count). The van der Waals surface area contributed by atoms with Gasteiger partial charge in [-0.15, -0.1) is 0 Å². The van der Waals surface area contributed by atoms with Gasteiger partial charge in [0.25, 0.3) is 0 Å². The predicted molar refractivity (Wildman–Crippen MR) is 120 cm³/mol. The van der Waals surface area contributed by atoms with Gasteiger partial charge in [0.05, 0.1) is 19.2 Å². The number of rotatable bonds is 6. The molecular formula is C22H28F2N6O2. The van der Waals surface area contributed by atoms with Gasteiger partial charge in [-0.2, -0.15) is 0 Å². The fourth-order valence-electron chi connectivity index (χ4n) is 3.69. The van der Waals surface area contributed by atoms with Gasteiger partial charge in [-0.25, -0.2) is 13.8 Å². The number of amides is 1. The van der Waals surface area contributed by atoms with Gasteiger partial charge in [0, 0.05) is 62.8 Å². The molecule has 2 heterocycles. The van der Waals surface area contributed by atoms with Gasteiger partial charge in [-0.1, -0.05) is 0 Å². The molecule has 32 heavy (non-hydrogen) atoms. The number of nitrogens with two attached hydrogens (primary N) is 2. The summed E-state index contributed by atoms with van der Waals surface area (Å²) in [6, 6.07) is 2.50. The Kier molecular flexibility index (Phi) is 7.57. The van der Waals surface area contributed by atoms with Crippen molar-refractivity contribution in [1.82, 2.24) is 10.2 Å². The summed E-state index contributed by atoms with van der Waals surface area (Å²) in [4.78, 5) is 21.6. The van der Waals surface area contributed by atoms with E-state index in [1.54, 1.807) is 11.9 Å². The quantitative estimate of drug-likeness (QED) is 0.455. The molecule has 8 nitrogen and oxygen atoms in total. The topological polar surface area (TPSA) is 118 Å². The Morgan fingerprint density at radius 1 is 1.38 bits per heavy atom. The fourth-order valence-corrected chi connectivity index (χ4v) is 3.69. The summed E-state index contributed by atoms with van der Waals surface area (Å²) in [5, 5.41) is 3.42. The van der Waals surface area contributed by atoms with E-state index in [2.05, 4.69) is 15.3 Å². The summed E-state index contributed by atoms with van der Waals surface area (Å²) in [7, 11) is 1.54. The molecule has 2 aliphatic rings. The second-order valence-electron chi connectivity index (χ2n) is 7.65. The number of hydrogen-bond donors (Lipinski definition) is 3. The highest BCUT2D eigenvalue weighted by Crippen LogP contribution is 2.27. The Morgan fingerprint density at radius 3 is 2.78 bits per heavy atom. The number of allylic oxidation sites excluding steroid dienone is 1. The van der Waals surface area contributed by atoms with E-state index in [4.69, 9.17) is 16.2 Å². The van der Waals surface area contributed by atoms with Gasteiger partial charge in [0.15, 0.2) is 11.6 Å². The SMILES string of the molecule is CN=CC(=CN)c1cc(F)c(F)c(N=C(N)C2=C(NC3CCOC3)CCN(C(C)=O)C2)c1. The van der Waals surface area contributed by atoms with Crippen molar-refractivity contribution in [3.05, 3.63) is 46.8 Å². The second-order valence-corrected chi connectivity index (χ2v) is 7.65. The highest BCUT2D eigenvalue weighted by atomic mass is 19.2. The Labute approximate surface area is 185 Å². The zero-order chi connectivity index (χ0) is 23.3. The fraction of sp³-hybridized carbons (Fsp3) is 0.409. The van der Waals surface area contributed by atoms with Crippen LogP contribution in [0.15, 0.2) is 39.6 Å². The molecule has 10 heteroatoms. The molecule has 172 valence electrons. The number of aliphatic imine (C=N–C) groups is 2. The van der Waals surface area contributed by atoms with E-state index in [1.807, 2.05) is 0 Å². The largest absolute Gasteiger partial charge is 0.404 e. The van der Waals surface area contributed by atoms with Crippen LogP contribution in [0.3, 0.4) is 0 Å². The summed E-state index contributed by atoms with van der Waals surface area (Å²) < 4.78 is 34.3. The highest BCUT2D eigenvalue weighted by Gasteiger charge is 2.26. The van der Waals surface area contributed by atoms with Gasteiger partial charge in [-0.05, 0) is 24.1 Å². The van der Waals surface area contributed by atoms with Crippen LogP contribution < -0.4 is 16.8 Å². The van der Waals surface area contributed by atoms with Gasteiger partial charge < -0.3 is 26.4 Å². The third kappa shape index (κ3) is 5.31. The van der Waals surface area contributed by atoms with E-state index in [1.165, 1.54) is 25.4 Å². The average Bonchev–Trinajstić information content (AvgIpc) is 3.28. The van der Waals surface area contributed by atoms with E-state index in [0.29, 0.717) is 42.9 Å². The Balaban J connectivity index is 2.02. The Morgan fingerprint density at radius 2 is 2.16 bits per heavy atom. The molecule has 1 amide bonds. The van der Waals surface area contributed by atoms with Crippen molar-refractivity contribution in [2.24, 2.45) is 21.5 Å². The maximum Gasteiger partial charge on any atom is 0.219 e. The molecule has 0 radical (unpaired) electrons. The zero-order valence-electron chi connectivity index (χ0n) is 18.2. The molecule has 5 N–H and O–H groups in total. The van der Waals surface area contributed by atoms with Gasteiger partial charge in [0.2, 0.25) is 5.91 Å². The maximum atomic E-state index is 14.6. The molecular weight excluding hydrogens is 418 g/mol. The van der Waals surface area contributed by atoms with Crippen LogP contribution in [0.2, 0.25) is 0 Å². The lowest BCUT2D eigenvalue weighted by molar-refractivity contribution is -0.128. The van der Waals surface area contributed by atoms with Crippen molar-refractivity contribution in [3.8, 4) is 0 Å². The minimum Gasteiger partial charge on any atom is -0.404 e. The number of halogens is 2. The smallest absolute Gasteiger partial charge is 0.219 e. The maximum absolute atomic E-state index is 14.6. The number of carbonyl (C=O) groups excluding carboxylic acids is 1. The van der Waals surface area contributed by atoms with Crippen LogP contribution in [0.1, 0.15) is 25.3 Å². The minimum atomic E-state index is -1.12. The summed E-state index contributed by atoms with van der Waals surface area (Å²) in [5.74, 6) is -2.30. The molecule has 1 aromatic carbocycles. The number of benzene rings is 1. The van der Waals surface area contributed by atoms with Gasteiger partial charge in [-0.3, -0.25) is 9.79 Å². The van der Waals surface area contributed by atoms with Crippen LogP contribution in [0.25, 0.3) is 5.57 Å². The Bertz CT molecular complexity index is 996. The van der Waals surface area contributed by atoms with E-state index in [0.717, 1.165) is 18.2 Å². The molecule has 0 bridgehead atoms. The molecule has 1 saturated heterocycles. The first kappa shape index (κ1) is 23.4. The number of amidine groups is 1. The molecule has 1 fully saturated rings. The first-order chi connectivity index (χ1) is 15.3. The third-order valence-electron chi connectivity index (χ3n) is 5.44. The summed E-state index contributed by atoms with van der Waals surface area (Å²) in [6.07, 6.45) is 4.07. The number of nitrogens with one attached hydrogen (secondary N) is 1. The lowest BCUT2D eigenvalue weighted by atomic mass is 10.0. The molecule has 2 aliphatic heterocycles. The van der Waals surface area contributed by atoms with E-state index >= 15 is 0 Å². The minimum absolute atomic E-state index is 0.00949. The number of carbonyl (C=O) groups is 1. The molecule has 0 spiro atoms. The van der Waals surface area contributed by atoms with Crippen LogP contribution in [0.5, 0.6) is 0 Å². The van der Waals surface area contributed by atoms with E-state index in [-0.39, 0.29) is 30.0 Å². The number of nitrogens with zero attached hydrogens (tertiary/aromatic N) is 3. The van der Waals surface area contributed by atoms with Crippen molar-refractivity contribution in [2.45, 2.75) is 25.8 Å². The monoisotopic (exact) mass is 446 g/mol. The molecule has 0 saturated carbocycles. The van der Waals surface area contributed by atoms with Gasteiger partial charge >= 0.3 is 0 Å². The van der Waals surface area contributed by atoms with Crippen molar-refractivity contribution < 1.29 is 18.3 Å². The lowest BCUT2D eigenvalue weighted by Crippen LogP contribution is -2.43. The first-order valence-corrected chi connectivity index (χ1v) is 10.3. The molecule has 1 unspecified atom stereocenters. The zero-order valence-corrected chi connectivity index (χ0v) is 18.2. The van der Waals surface area contributed by atoms with Crippen molar-refractivity contribution >= 4 is 29.2 Å². The van der Waals surface area contributed by atoms with Crippen LogP contribution >= 0.6 is 0 Å². The second kappa shape index (κ2) is 10.4. The summed E-state index contributed by atoms with van der Waals surface area (Å²) in [6.45, 7) is 3.46. The highest BCUT2D eigenvalue weighted by molar-refractivity contribution is 6.10. The number of ether oxygens (including phenoxy) is 1. The normalized spacial score (nSPS) is 20.4. The molecule has 0 aromatic heterocycles. The average molecular weight is 447 g/mol. The van der Waals surface area contributed by atoms with Gasteiger partial charge in [0.1, 0.15) is 11.5 Å². The van der Waals surface area contributed by atoms with Crippen LogP contribution in [0.4, 0.5) is 14.5 Å². The molecule has 1 aromatic rings. The first-order valence-electron chi connectivity index (χ1n) is 10.3. The lowest BCUT2D eigenvalue weighted by Gasteiger charge is -2.31. The van der Waals surface area contributed by atoms with Crippen LogP contribution in [0, 0.1) is 11.6 Å². The third-order valence-corrected chi connectivity index (χ3v) is 5.44. The van der Waals surface area contributed by atoms with Crippen molar-refractivity contribution in [2.75, 3.05) is 33.4 Å². The summed E-state index contributed by atoms with van der Waals surface area (Å²) >= 11 is 0. The number of hydrogen-bond acceptors (Lipinski definition) is 6. The Hall–Kier alpha value is -3.27. The van der Waals surface area contributed by atoms with Crippen LogP contribution in [-0.2, 0) is 9.53 Å². The molecule has 0 aliphatic carbocycles.